The summed E-state index contributed by atoms with van der Waals surface area (Å²) >= 11 is 0. The van der Waals surface area contributed by atoms with Crippen molar-refractivity contribution in [3.05, 3.63) is 309 Å². The van der Waals surface area contributed by atoms with Crippen molar-refractivity contribution in [2.75, 3.05) is 0 Å². The molecule has 2 unspecified atom stereocenters. The minimum absolute atomic E-state index is 0.145. The Morgan fingerprint density at radius 1 is 0.292 bits per heavy atom. The Labute approximate surface area is 560 Å². The van der Waals surface area contributed by atoms with E-state index >= 15 is 38.4 Å². The molecule has 18 heteroatoms. The van der Waals surface area contributed by atoms with Crippen LogP contribution >= 0.6 is 15.8 Å². The van der Waals surface area contributed by atoms with Gasteiger partial charge in [0.05, 0.1) is 24.2 Å². The van der Waals surface area contributed by atoms with Crippen molar-refractivity contribution in [1.82, 2.24) is 41.3 Å². The second kappa shape index (κ2) is 27.9. The first-order valence-corrected chi connectivity index (χ1v) is 35.4. The number of hydrogen-bond acceptors (Lipinski definition) is 8. The van der Waals surface area contributed by atoms with E-state index in [9.17, 15) is 0 Å². The van der Waals surface area contributed by atoms with Crippen molar-refractivity contribution in [2.45, 2.75) is 101 Å². The van der Waals surface area contributed by atoms with Crippen LogP contribution in [-0.4, -0.2) is 67.3 Å². The van der Waals surface area contributed by atoms with E-state index in [1.54, 1.807) is 48.5 Å². The molecular weight excluding hydrogens is 1240 g/mol. The average Bonchev–Trinajstić information content (AvgIpc) is 1.55. The minimum Gasteiger partial charge on any atom is -0.346 e. The van der Waals surface area contributed by atoms with Crippen molar-refractivity contribution >= 4 is 73.7 Å². The first kappa shape index (κ1) is 64.3. The molecule has 4 N–H and O–H groups in total. The zero-order valence-corrected chi connectivity index (χ0v) is 55.3. The third-order valence-corrected chi connectivity index (χ3v) is 24.7. The summed E-state index contributed by atoms with van der Waals surface area (Å²) in [6.45, 7) is 7.58. The molecule has 10 atom stereocenters. The largest absolute Gasteiger partial charge is 0.346 e. The summed E-state index contributed by atoms with van der Waals surface area (Å²) in [6, 6.07) is 72.6. The molecule has 9 aromatic rings. The zero-order valence-electron chi connectivity index (χ0n) is 53.5. The van der Waals surface area contributed by atoms with Gasteiger partial charge >= 0.3 is 0 Å². The lowest BCUT2D eigenvalue weighted by Gasteiger charge is -2.38. The fraction of sp³-hybridized carbons (Fsp3) is 0.205. The first-order valence-electron chi connectivity index (χ1n) is 32.4. The Bertz CT molecular complexity index is 3910. The Hall–Kier alpha value is -10.4. The maximum atomic E-state index is 15.5. The normalized spacial score (nSPS) is 20.3. The van der Waals surface area contributed by atoms with Crippen molar-refractivity contribution in [3.8, 4) is 0 Å². The topological polar surface area (TPSA) is 198 Å². The third-order valence-electron chi connectivity index (χ3n) is 18.5. The molecule has 0 radical (unpaired) electrons. The molecule has 4 fully saturated rings. The molecule has 13 rings (SSSR count). The second-order valence-electron chi connectivity index (χ2n) is 24.5. The Balaban J connectivity index is 1.07. The fourth-order valence-electron chi connectivity index (χ4n) is 13.8. The van der Waals surface area contributed by atoms with Crippen LogP contribution in [-0.2, 0) is 19.2 Å². The molecule has 0 bridgehead atoms. The number of nitrogens with one attached hydrogen (secondary N) is 4. The molecular formula is C78H72N8O8P2. The molecule has 16 nitrogen and oxygen atoms in total. The molecule has 482 valence electrons. The highest BCUT2D eigenvalue weighted by Crippen LogP contribution is 2.74. The first-order chi connectivity index (χ1) is 46.7. The zero-order chi connectivity index (χ0) is 66.7. The van der Waals surface area contributed by atoms with E-state index in [0.717, 1.165) is 22.3 Å². The number of carbonyl (C=O) groups is 8. The van der Waals surface area contributed by atoms with Gasteiger partial charge in [-0.25, -0.2) is 20.0 Å². The summed E-state index contributed by atoms with van der Waals surface area (Å²) in [5.41, 5.74) is 6.21. The lowest BCUT2D eigenvalue weighted by Crippen LogP contribution is -2.50. The molecule has 4 saturated heterocycles. The highest BCUT2D eigenvalue weighted by molar-refractivity contribution is 7.73. The molecule has 8 amide bonds. The van der Waals surface area contributed by atoms with Gasteiger partial charge in [0.2, 0.25) is 23.6 Å². The van der Waals surface area contributed by atoms with Crippen LogP contribution in [0.5, 0.6) is 0 Å². The van der Waals surface area contributed by atoms with Gasteiger partial charge in [-0.05, 0) is 123 Å². The van der Waals surface area contributed by atoms with Gasteiger partial charge < -0.3 is 21.3 Å². The quantitative estimate of drug-likeness (QED) is 0.0609. The predicted molar refractivity (Wildman–Crippen MR) is 371 cm³/mol. The van der Waals surface area contributed by atoms with Gasteiger partial charge in [-0.2, -0.15) is 0 Å². The number of fused-ring (bicyclic) bond motifs is 2. The lowest BCUT2D eigenvalue weighted by molar-refractivity contribution is -0.171. The van der Waals surface area contributed by atoms with E-state index < -0.39 is 86.8 Å². The molecule has 4 aliphatic rings. The Morgan fingerprint density at radius 3 is 0.698 bits per heavy atom. The van der Waals surface area contributed by atoms with Crippen LogP contribution in [0.2, 0.25) is 0 Å². The standard InChI is InChI=1S/C78H72N8O8P2/c1-49(53-27-9-5-10-28-53)79-71(91)57-35-17-21-39-61(57)75-83-67(87)45-46-68(88)84(83)76(62-40-22-18-36-58(62)72(92)80-50(2)54-29-11-6-12-30-54)95(75)65-43-25-26-44-66(65)96-77(63-41-23-19-37-59(63)73(93)81-51(3)55-31-13-7-14-32-55)85-69(89)47-48-70(90)86(85)78(96)64-42-24-20-38-60(64)74(94)82-52(4)56-33-15-8-16-34-56/h5-44,49-52,75-78H,45-48H2,1-4H3,(H,79,91)(H,80,92)(H,81,93)(H,82,94)/t49-,50+,51-,52+,75-,76-,77-,78-,95?,96?/m1/s1. The summed E-state index contributed by atoms with van der Waals surface area (Å²) < 4.78 is 0. The maximum absolute atomic E-state index is 15.5. The van der Waals surface area contributed by atoms with Crippen LogP contribution in [0, 0.1) is 0 Å². The van der Waals surface area contributed by atoms with Gasteiger partial charge in [0.25, 0.3) is 23.6 Å². The van der Waals surface area contributed by atoms with E-state index in [0.29, 0.717) is 32.9 Å². The van der Waals surface area contributed by atoms with Gasteiger partial charge in [0.1, 0.15) is 23.1 Å². The maximum Gasteiger partial charge on any atom is 0.252 e. The van der Waals surface area contributed by atoms with Gasteiger partial charge in [0, 0.05) is 47.9 Å². The van der Waals surface area contributed by atoms with Gasteiger partial charge in [-0.15, -0.1) is 0 Å². The van der Waals surface area contributed by atoms with Crippen LogP contribution in [0.25, 0.3) is 0 Å². The lowest BCUT2D eigenvalue weighted by atomic mass is 10.0. The van der Waals surface area contributed by atoms with Crippen LogP contribution in [0.4, 0.5) is 0 Å². The van der Waals surface area contributed by atoms with Crippen LogP contribution in [0.3, 0.4) is 0 Å². The number of hydrogen-bond donors (Lipinski definition) is 4. The number of carbonyl (C=O) groups excluding carboxylic acids is 8. The van der Waals surface area contributed by atoms with Gasteiger partial charge in [0.15, 0.2) is 0 Å². The summed E-state index contributed by atoms with van der Waals surface area (Å²) in [6.07, 6.45) is -0.579. The van der Waals surface area contributed by atoms with E-state index in [1.807, 2.05) is 222 Å². The summed E-state index contributed by atoms with van der Waals surface area (Å²) in [4.78, 5) is 123. The predicted octanol–water partition coefficient (Wildman–Crippen LogP) is 13.4. The Kier molecular flexibility index (Phi) is 18.7. The molecule has 4 heterocycles. The minimum atomic E-state index is -2.20. The molecule has 0 aromatic heterocycles. The summed E-state index contributed by atoms with van der Waals surface area (Å²) in [5.74, 6) is -7.60. The van der Waals surface area contributed by atoms with Gasteiger partial charge in [-0.3, -0.25) is 38.4 Å². The number of nitrogens with zero attached hydrogens (tertiary/aromatic N) is 4. The number of hydrazine groups is 2. The van der Waals surface area contributed by atoms with Crippen LogP contribution in [0.15, 0.2) is 243 Å². The SMILES string of the molecule is C[C@H](NC(=O)c1ccccc1[C@@H]1N2C(=O)CCC(=O)N2[C@@H](c2ccccc2C(=O)N[C@H](C)c2ccccc2)P1c1ccccc1P1[C@H](c2ccccc2C(=O)N[C@@H](C)c2ccccc2)N2C(=O)CCC(=O)N2[C@H]1c1ccccc1C(=O)N[C@H](C)c1ccccc1)c1ccccc1. The van der Waals surface area contributed by atoms with Crippen LogP contribution < -0.4 is 31.9 Å². The van der Waals surface area contributed by atoms with Crippen LogP contribution in [0.1, 0.15) is 187 Å². The van der Waals surface area contributed by atoms with E-state index in [2.05, 4.69) is 21.3 Å². The van der Waals surface area contributed by atoms with E-state index in [-0.39, 0.29) is 71.6 Å². The molecule has 4 aliphatic heterocycles. The van der Waals surface area contributed by atoms with Crippen molar-refractivity contribution in [2.24, 2.45) is 0 Å². The highest BCUT2D eigenvalue weighted by atomic mass is 31.1. The smallest absolute Gasteiger partial charge is 0.252 e. The third kappa shape index (κ3) is 12.4. The average molecular weight is 1310 g/mol. The van der Waals surface area contributed by atoms with Crippen molar-refractivity contribution in [3.63, 3.8) is 0 Å². The fourth-order valence-corrected chi connectivity index (χ4v) is 21.3. The van der Waals surface area contributed by atoms with E-state index in [4.69, 9.17) is 0 Å². The second-order valence-corrected chi connectivity index (χ2v) is 29.1. The number of rotatable bonds is 18. The van der Waals surface area contributed by atoms with Gasteiger partial charge in [-0.1, -0.05) is 218 Å². The summed E-state index contributed by atoms with van der Waals surface area (Å²) in [7, 11) is -4.41. The molecule has 96 heavy (non-hydrogen) atoms. The van der Waals surface area contributed by atoms with E-state index in [1.165, 1.54) is 20.0 Å². The Morgan fingerprint density at radius 2 is 0.479 bits per heavy atom. The molecule has 0 spiro atoms. The van der Waals surface area contributed by atoms with Crippen molar-refractivity contribution < 1.29 is 38.4 Å². The van der Waals surface area contributed by atoms with Crippen molar-refractivity contribution in [1.29, 1.82) is 0 Å². The number of benzene rings is 9. The highest BCUT2D eigenvalue weighted by Gasteiger charge is 2.60. The number of amides is 8. The molecule has 0 aliphatic carbocycles. The summed E-state index contributed by atoms with van der Waals surface area (Å²) in [5, 5.41) is 20.2. The molecule has 0 saturated carbocycles. The monoisotopic (exact) mass is 1310 g/mol. The molecule has 9 aromatic carbocycles.